The summed E-state index contributed by atoms with van der Waals surface area (Å²) in [6.07, 6.45) is -1.02. The zero-order valence-electron chi connectivity index (χ0n) is 20.8. The van der Waals surface area contributed by atoms with Gasteiger partial charge in [0.05, 0.1) is 37.3 Å². The van der Waals surface area contributed by atoms with E-state index < -0.39 is 48.5 Å². The molecule has 0 saturated heterocycles. The van der Waals surface area contributed by atoms with Crippen LogP contribution in [0, 0.1) is 0 Å². The highest BCUT2D eigenvalue weighted by atomic mass is 79.9. The van der Waals surface area contributed by atoms with Gasteiger partial charge in [-0.1, -0.05) is 22.0 Å². The normalized spacial score (nSPS) is 16.0. The Morgan fingerprint density at radius 3 is 2.55 bits per heavy atom. The number of aliphatic hydroxyl groups excluding tert-OH is 1. The van der Waals surface area contributed by atoms with E-state index in [1.165, 1.54) is 18.2 Å². The van der Waals surface area contributed by atoms with E-state index in [-0.39, 0.29) is 17.9 Å². The first kappa shape index (κ1) is 28.9. The molecule has 1 unspecified atom stereocenters. The number of benzene rings is 2. The van der Waals surface area contributed by atoms with Crippen molar-refractivity contribution in [2.24, 2.45) is 4.99 Å². The van der Waals surface area contributed by atoms with Crippen molar-refractivity contribution in [1.82, 2.24) is 16.0 Å². The number of carbonyl (C=O) groups is 3. The topological polar surface area (TPSA) is 193 Å². The second-order valence-electron chi connectivity index (χ2n) is 9.35. The van der Waals surface area contributed by atoms with Gasteiger partial charge in [-0.2, -0.15) is 0 Å². The molecular formula is C25H30BrN5O7. The maximum absolute atomic E-state index is 12.7. The fourth-order valence-corrected chi connectivity index (χ4v) is 4.18. The first-order chi connectivity index (χ1) is 17.8. The van der Waals surface area contributed by atoms with E-state index in [2.05, 4.69) is 42.2 Å². The summed E-state index contributed by atoms with van der Waals surface area (Å²) in [5, 5.41) is 50.2. The summed E-state index contributed by atoms with van der Waals surface area (Å²) in [5.41, 5.74) is 0.231. The van der Waals surface area contributed by atoms with Crippen molar-refractivity contribution in [2.75, 3.05) is 25.0 Å². The fraction of sp³-hybridized carbons (Fsp3) is 0.360. The number of carboxylic acids is 1. The van der Waals surface area contributed by atoms with Crippen LogP contribution in [-0.2, 0) is 15.2 Å². The average Bonchev–Trinajstić information content (AvgIpc) is 2.82. The molecule has 204 valence electrons. The molecule has 1 heterocycles. The third kappa shape index (κ3) is 8.43. The van der Waals surface area contributed by atoms with Crippen LogP contribution in [0.25, 0.3) is 0 Å². The number of aliphatic imine (C=N–C) groups is 1. The van der Waals surface area contributed by atoms with Crippen LogP contribution in [-0.4, -0.2) is 69.9 Å². The number of halogens is 1. The number of phenols is 1. The Morgan fingerprint density at radius 2 is 1.92 bits per heavy atom. The van der Waals surface area contributed by atoms with Gasteiger partial charge in [-0.15, -0.1) is 0 Å². The van der Waals surface area contributed by atoms with Gasteiger partial charge in [0.1, 0.15) is 5.75 Å². The van der Waals surface area contributed by atoms with Crippen molar-refractivity contribution < 1.29 is 34.8 Å². The molecule has 1 aliphatic rings. The standard InChI is InChI=1S/C25H30BrN5O7/c1-25(2,38)15-3-13(4-16(26)7-15)20(9-22(35)36)31-21(34)12-27-23(37)14-5-17(8-18(32)6-14)30-24-28-10-19(33)11-29-24/h3-8,19-20,32-33,38H,9-12H2,1-2H3,(H,27,37)(H,31,34)(H,35,36)(H2,28,29,30)/t20-/m0/s1. The summed E-state index contributed by atoms with van der Waals surface area (Å²) >= 11 is 3.35. The van der Waals surface area contributed by atoms with Crippen molar-refractivity contribution in [3.8, 4) is 5.75 Å². The molecule has 0 radical (unpaired) electrons. The van der Waals surface area contributed by atoms with E-state index in [9.17, 15) is 34.8 Å². The highest BCUT2D eigenvalue weighted by Crippen LogP contribution is 2.29. The van der Waals surface area contributed by atoms with Gasteiger partial charge >= 0.3 is 5.97 Å². The molecule has 0 saturated carbocycles. The summed E-state index contributed by atoms with van der Waals surface area (Å²) in [4.78, 5) is 40.9. The summed E-state index contributed by atoms with van der Waals surface area (Å²) in [6, 6.07) is 8.10. The van der Waals surface area contributed by atoms with Crippen molar-refractivity contribution >= 4 is 45.4 Å². The first-order valence-corrected chi connectivity index (χ1v) is 12.5. The molecule has 2 amide bonds. The van der Waals surface area contributed by atoms with Crippen LogP contribution >= 0.6 is 15.9 Å². The lowest BCUT2D eigenvalue weighted by molar-refractivity contribution is -0.137. The molecule has 0 aromatic heterocycles. The summed E-state index contributed by atoms with van der Waals surface area (Å²) in [5.74, 6) is -2.24. The maximum atomic E-state index is 12.7. The van der Waals surface area contributed by atoms with Crippen LogP contribution < -0.4 is 21.3 Å². The first-order valence-electron chi connectivity index (χ1n) is 11.7. The third-order valence-electron chi connectivity index (χ3n) is 5.56. The average molecular weight is 592 g/mol. The minimum atomic E-state index is -1.19. The molecule has 13 heteroatoms. The minimum absolute atomic E-state index is 0.0700. The number of rotatable bonds is 9. The molecule has 8 N–H and O–H groups in total. The van der Waals surface area contributed by atoms with Crippen LogP contribution in [0.5, 0.6) is 5.75 Å². The molecular weight excluding hydrogens is 562 g/mol. The van der Waals surface area contributed by atoms with Gasteiger partial charge in [-0.25, -0.2) is 0 Å². The van der Waals surface area contributed by atoms with Crippen molar-refractivity contribution in [1.29, 1.82) is 0 Å². The number of carboxylic acid groups (broad SMARTS) is 1. The van der Waals surface area contributed by atoms with E-state index >= 15 is 0 Å². The molecule has 0 bridgehead atoms. The van der Waals surface area contributed by atoms with Gasteiger partial charge in [0.2, 0.25) is 5.91 Å². The van der Waals surface area contributed by atoms with Crippen LogP contribution in [0.4, 0.5) is 5.69 Å². The summed E-state index contributed by atoms with van der Waals surface area (Å²) in [6.45, 7) is 3.23. The van der Waals surface area contributed by atoms with E-state index in [1.54, 1.807) is 32.0 Å². The molecule has 2 atom stereocenters. The van der Waals surface area contributed by atoms with Gasteiger partial charge in [0, 0.05) is 28.3 Å². The molecule has 0 fully saturated rings. The highest BCUT2D eigenvalue weighted by Gasteiger charge is 2.23. The second-order valence-corrected chi connectivity index (χ2v) is 10.3. The monoisotopic (exact) mass is 591 g/mol. The number of aromatic hydroxyl groups is 1. The number of aliphatic hydroxyl groups is 2. The molecule has 38 heavy (non-hydrogen) atoms. The molecule has 2 aromatic rings. The van der Waals surface area contributed by atoms with Gasteiger partial charge in [-0.3, -0.25) is 19.4 Å². The number of hydrogen-bond donors (Lipinski definition) is 8. The number of phenolic OH excluding ortho intramolecular Hbond substituents is 1. The third-order valence-corrected chi connectivity index (χ3v) is 6.02. The lowest BCUT2D eigenvalue weighted by Gasteiger charge is -2.23. The Bertz CT molecular complexity index is 1250. The van der Waals surface area contributed by atoms with Gasteiger partial charge in [-0.05, 0) is 49.2 Å². The zero-order valence-corrected chi connectivity index (χ0v) is 22.4. The van der Waals surface area contributed by atoms with E-state index in [0.717, 1.165) is 0 Å². The van der Waals surface area contributed by atoms with Crippen LogP contribution in [0.2, 0.25) is 0 Å². The Balaban J connectivity index is 1.67. The number of aliphatic carboxylic acids is 1. The molecule has 0 spiro atoms. The number of carbonyl (C=O) groups excluding carboxylic acids is 2. The predicted octanol–water partition coefficient (Wildman–Crippen LogP) is 1.18. The fourth-order valence-electron chi connectivity index (χ4n) is 3.67. The van der Waals surface area contributed by atoms with Crippen LogP contribution in [0.1, 0.15) is 47.8 Å². The molecule has 0 aliphatic carbocycles. The lowest BCUT2D eigenvalue weighted by Crippen LogP contribution is -2.42. The number of nitrogens with zero attached hydrogens (tertiary/aromatic N) is 1. The lowest BCUT2D eigenvalue weighted by atomic mass is 9.93. The summed E-state index contributed by atoms with van der Waals surface area (Å²) in [7, 11) is 0. The van der Waals surface area contributed by atoms with Crippen molar-refractivity contribution in [3.63, 3.8) is 0 Å². The Hall–Kier alpha value is -3.68. The minimum Gasteiger partial charge on any atom is -0.508 e. The quantitative estimate of drug-likeness (QED) is 0.211. The summed E-state index contributed by atoms with van der Waals surface area (Å²) < 4.78 is 0.601. The second kappa shape index (κ2) is 12.2. The predicted molar refractivity (Wildman–Crippen MR) is 143 cm³/mol. The zero-order chi connectivity index (χ0) is 28.0. The molecule has 2 aromatic carbocycles. The van der Waals surface area contributed by atoms with Gasteiger partial charge < -0.3 is 41.7 Å². The van der Waals surface area contributed by atoms with E-state index in [0.29, 0.717) is 33.8 Å². The number of anilines is 1. The van der Waals surface area contributed by atoms with Crippen LogP contribution in [0.3, 0.4) is 0 Å². The van der Waals surface area contributed by atoms with Gasteiger partial charge in [0.15, 0.2) is 5.96 Å². The highest BCUT2D eigenvalue weighted by molar-refractivity contribution is 9.10. The number of guanidine groups is 1. The van der Waals surface area contributed by atoms with Crippen molar-refractivity contribution in [3.05, 3.63) is 57.6 Å². The number of β-amino-alcohol motifs (C(OH)–C–C–N with tert-alkyl or cyclic N) is 1. The molecule has 1 aliphatic heterocycles. The van der Waals surface area contributed by atoms with E-state index in [4.69, 9.17) is 0 Å². The van der Waals surface area contributed by atoms with Crippen molar-refractivity contribution in [2.45, 2.75) is 38.0 Å². The Labute approximate surface area is 227 Å². The largest absolute Gasteiger partial charge is 0.508 e. The Morgan fingerprint density at radius 1 is 1.18 bits per heavy atom. The Kier molecular flexibility index (Phi) is 9.31. The number of hydrogen-bond acceptors (Lipinski definition) is 9. The number of nitrogens with one attached hydrogen (secondary N) is 4. The van der Waals surface area contributed by atoms with Gasteiger partial charge in [0.25, 0.3) is 5.91 Å². The molecule has 3 rings (SSSR count). The maximum Gasteiger partial charge on any atom is 0.305 e. The molecule has 12 nitrogen and oxygen atoms in total. The SMILES string of the molecule is CC(C)(O)c1cc(Br)cc([C@H](CC(=O)O)NC(=O)CNC(=O)c2cc(O)cc(NC3=NCC(O)CN3)c2)c1. The smallest absolute Gasteiger partial charge is 0.305 e. The van der Waals surface area contributed by atoms with E-state index in [1.807, 2.05) is 0 Å². The van der Waals surface area contributed by atoms with Crippen LogP contribution in [0.15, 0.2) is 45.9 Å². The number of amides is 2.